The van der Waals surface area contributed by atoms with E-state index in [0.717, 1.165) is 5.69 Å². The Morgan fingerprint density at radius 3 is 2.77 bits per heavy atom. The van der Waals surface area contributed by atoms with E-state index in [4.69, 9.17) is 0 Å². The smallest absolute Gasteiger partial charge is 0.137 e. The molecule has 0 saturated heterocycles. The lowest BCUT2D eigenvalue weighted by Gasteiger charge is -2.05. The normalized spacial score (nSPS) is 10.8. The van der Waals surface area contributed by atoms with Gasteiger partial charge in [-0.15, -0.1) is 0 Å². The summed E-state index contributed by atoms with van der Waals surface area (Å²) in [6, 6.07) is 1.94. The van der Waals surface area contributed by atoms with Gasteiger partial charge in [0.05, 0.1) is 0 Å². The number of hydrogen-bond donors (Lipinski definition) is 0. The molecular formula is C10H16N2O. The van der Waals surface area contributed by atoms with Crippen molar-refractivity contribution in [2.24, 2.45) is 5.92 Å². The maximum Gasteiger partial charge on any atom is 0.137 e. The van der Waals surface area contributed by atoms with E-state index >= 15 is 0 Å². The highest BCUT2D eigenvalue weighted by Crippen LogP contribution is 2.02. The zero-order chi connectivity index (χ0) is 9.84. The van der Waals surface area contributed by atoms with E-state index in [1.165, 1.54) is 0 Å². The molecule has 0 atom stereocenters. The van der Waals surface area contributed by atoms with Gasteiger partial charge in [-0.3, -0.25) is 9.48 Å². The molecule has 0 saturated carbocycles. The fraction of sp³-hybridized carbons (Fsp3) is 0.600. The van der Waals surface area contributed by atoms with E-state index in [-0.39, 0.29) is 5.92 Å². The summed E-state index contributed by atoms with van der Waals surface area (Å²) in [6.45, 7) is 6.55. The van der Waals surface area contributed by atoms with Crippen LogP contribution in [0.15, 0.2) is 12.3 Å². The van der Waals surface area contributed by atoms with Crippen LogP contribution in [0.4, 0.5) is 0 Å². The second-order valence-electron chi connectivity index (χ2n) is 3.57. The average molecular weight is 180 g/mol. The minimum Gasteiger partial charge on any atom is -0.299 e. The third-order valence-electron chi connectivity index (χ3n) is 2.14. The van der Waals surface area contributed by atoms with Crippen LogP contribution in [-0.2, 0) is 11.3 Å². The molecule has 0 amide bonds. The fourth-order valence-corrected chi connectivity index (χ4v) is 1.14. The molecule has 3 nitrogen and oxygen atoms in total. The third kappa shape index (κ3) is 2.68. The lowest BCUT2D eigenvalue weighted by Crippen LogP contribution is -2.12. The molecule has 1 aromatic heterocycles. The molecule has 1 heterocycles. The zero-order valence-electron chi connectivity index (χ0n) is 8.45. The lowest BCUT2D eigenvalue weighted by atomic mass is 10.1. The maximum absolute atomic E-state index is 11.3. The summed E-state index contributed by atoms with van der Waals surface area (Å²) in [6.07, 6.45) is 2.34. The minimum absolute atomic E-state index is 0.135. The Morgan fingerprint density at radius 1 is 1.62 bits per heavy atom. The van der Waals surface area contributed by atoms with E-state index in [0.29, 0.717) is 18.7 Å². The standard InChI is InChI=1S/C10H16N2O/c1-8(2)10(13)5-7-12-9(3)4-6-11-12/h4,6,8H,5,7H2,1-3H3. The van der Waals surface area contributed by atoms with Crippen molar-refractivity contribution < 1.29 is 4.79 Å². The molecule has 0 fully saturated rings. The Hall–Kier alpha value is -1.12. The summed E-state index contributed by atoms with van der Waals surface area (Å²) in [4.78, 5) is 11.3. The van der Waals surface area contributed by atoms with Gasteiger partial charge in [0.1, 0.15) is 5.78 Å². The maximum atomic E-state index is 11.3. The van der Waals surface area contributed by atoms with Crippen LogP contribution in [0, 0.1) is 12.8 Å². The summed E-state index contributed by atoms with van der Waals surface area (Å²) in [7, 11) is 0. The van der Waals surface area contributed by atoms with Crippen molar-refractivity contribution in [3.05, 3.63) is 18.0 Å². The molecule has 0 spiro atoms. The number of carbonyl (C=O) groups excluding carboxylic acids is 1. The van der Waals surface area contributed by atoms with Gasteiger partial charge in [-0.25, -0.2) is 0 Å². The van der Waals surface area contributed by atoms with Crippen molar-refractivity contribution in [2.45, 2.75) is 33.7 Å². The van der Waals surface area contributed by atoms with Gasteiger partial charge in [-0.2, -0.15) is 5.10 Å². The van der Waals surface area contributed by atoms with Gasteiger partial charge < -0.3 is 0 Å². The van der Waals surface area contributed by atoms with Crippen molar-refractivity contribution >= 4 is 5.78 Å². The number of aryl methyl sites for hydroxylation is 2. The van der Waals surface area contributed by atoms with Gasteiger partial charge in [0.25, 0.3) is 0 Å². The number of aromatic nitrogens is 2. The van der Waals surface area contributed by atoms with E-state index in [9.17, 15) is 4.79 Å². The zero-order valence-corrected chi connectivity index (χ0v) is 8.45. The number of rotatable bonds is 4. The van der Waals surface area contributed by atoms with E-state index in [1.807, 2.05) is 31.5 Å². The molecule has 0 bridgehead atoms. The van der Waals surface area contributed by atoms with Gasteiger partial charge in [0.15, 0.2) is 0 Å². The molecule has 0 aliphatic carbocycles. The molecular weight excluding hydrogens is 164 g/mol. The van der Waals surface area contributed by atoms with E-state index in [1.54, 1.807) is 6.20 Å². The molecule has 0 aliphatic heterocycles. The van der Waals surface area contributed by atoms with Crippen LogP contribution in [0.3, 0.4) is 0 Å². The van der Waals surface area contributed by atoms with Crippen LogP contribution >= 0.6 is 0 Å². The summed E-state index contributed by atoms with van der Waals surface area (Å²) >= 11 is 0. The van der Waals surface area contributed by atoms with Gasteiger partial charge >= 0.3 is 0 Å². The largest absolute Gasteiger partial charge is 0.299 e. The first kappa shape index (κ1) is 9.96. The van der Waals surface area contributed by atoms with Crippen molar-refractivity contribution in [1.82, 2.24) is 9.78 Å². The van der Waals surface area contributed by atoms with E-state index in [2.05, 4.69) is 5.10 Å². The second-order valence-corrected chi connectivity index (χ2v) is 3.57. The Labute approximate surface area is 78.8 Å². The molecule has 0 radical (unpaired) electrons. The predicted octanol–water partition coefficient (Wildman–Crippen LogP) is 1.81. The summed E-state index contributed by atoms with van der Waals surface area (Å²) < 4.78 is 1.86. The van der Waals surface area contributed by atoms with Gasteiger partial charge in [0, 0.05) is 30.8 Å². The number of hydrogen-bond acceptors (Lipinski definition) is 2. The summed E-state index contributed by atoms with van der Waals surface area (Å²) in [5.74, 6) is 0.436. The SMILES string of the molecule is Cc1ccnn1CCC(=O)C(C)C. The Balaban J connectivity index is 2.44. The number of nitrogens with zero attached hydrogens (tertiary/aromatic N) is 2. The third-order valence-corrected chi connectivity index (χ3v) is 2.14. The van der Waals surface area contributed by atoms with Gasteiger partial charge in [-0.1, -0.05) is 13.8 Å². The van der Waals surface area contributed by atoms with Crippen molar-refractivity contribution in [3.8, 4) is 0 Å². The van der Waals surface area contributed by atoms with Gasteiger partial charge in [0.2, 0.25) is 0 Å². The van der Waals surface area contributed by atoms with Crippen LogP contribution in [0.1, 0.15) is 26.0 Å². The van der Waals surface area contributed by atoms with Crippen molar-refractivity contribution in [1.29, 1.82) is 0 Å². The van der Waals surface area contributed by atoms with Crippen LogP contribution in [0.2, 0.25) is 0 Å². The Bertz CT molecular complexity index is 289. The fourth-order valence-electron chi connectivity index (χ4n) is 1.14. The Morgan fingerprint density at radius 2 is 2.31 bits per heavy atom. The number of Topliss-reactive ketones (excluding diaryl/α,β-unsaturated/α-hetero) is 1. The average Bonchev–Trinajstić information content (AvgIpc) is 2.47. The lowest BCUT2D eigenvalue weighted by molar-refractivity contribution is -0.122. The number of carbonyl (C=O) groups is 1. The van der Waals surface area contributed by atoms with Crippen molar-refractivity contribution in [3.63, 3.8) is 0 Å². The molecule has 1 aromatic rings. The van der Waals surface area contributed by atoms with Crippen LogP contribution < -0.4 is 0 Å². The first-order valence-electron chi connectivity index (χ1n) is 4.62. The van der Waals surface area contributed by atoms with Crippen molar-refractivity contribution in [2.75, 3.05) is 0 Å². The van der Waals surface area contributed by atoms with Crippen LogP contribution in [-0.4, -0.2) is 15.6 Å². The quantitative estimate of drug-likeness (QED) is 0.708. The van der Waals surface area contributed by atoms with Gasteiger partial charge in [-0.05, 0) is 13.0 Å². The monoisotopic (exact) mass is 180 g/mol. The molecule has 3 heteroatoms. The molecule has 0 unspecified atom stereocenters. The molecule has 0 aromatic carbocycles. The molecule has 72 valence electrons. The highest BCUT2D eigenvalue weighted by molar-refractivity contribution is 5.80. The summed E-state index contributed by atoms with van der Waals surface area (Å²) in [5.41, 5.74) is 1.11. The second kappa shape index (κ2) is 4.21. The van der Waals surface area contributed by atoms with Crippen LogP contribution in [0.5, 0.6) is 0 Å². The first-order valence-corrected chi connectivity index (χ1v) is 4.62. The topological polar surface area (TPSA) is 34.9 Å². The highest BCUT2D eigenvalue weighted by atomic mass is 16.1. The minimum atomic E-state index is 0.135. The van der Waals surface area contributed by atoms with E-state index < -0.39 is 0 Å². The molecule has 0 N–H and O–H groups in total. The molecule has 13 heavy (non-hydrogen) atoms. The highest BCUT2D eigenvalue weighted by Gasteiger charge is 2.07. The Kier molecular flexibility index (Phi) is 3.23. The number of ketones is 1. The predicted molar refractivity (Wildman–Crippen MR) is 51.4 cm³/mol. The molecule has 0 aliphatic rings. The molecule has 1 rings (SSSR count). The van der Waals surface area contributed by atoms with Crippen LogP contribution in [0.25, 0.3) is 0 Å². The first-order chi connectivity index (χ1) is 6.11. The summed E-state index contributed by atoms with van der Waals surface area (Å²) in [5, 5.41) is 4.11.